The van der Waals surface area contributed by atoms with Gasteiger partial charge in [-0.25, -0.2) is 0 Å². The molecule has 2 heterocycles. The Morgan fingerprint density at radius 1 is 0.800 bits per heavy atom. The number of aliphatic hydroxyl groups is 7. The molecule has 11 nitrogen and oxygen atoms in total. The molecule has 0 amide bonds. The average Bonchev–Trinajstić information content (AvgIpc) is 3.01. The molecule has 0 aromatic heterocycles. The normalized spacial score (nSPS) is 47.5. The van der Waals surface area contributed by atoms with Crippen LogP contribution in [0.3, 0.4) is 0 Å². The molecule has 0 unspecified atom stereocenters. The van der Waals surface area contributed by atoms with Crippen LogP contribution in [0.2, 0.25) is 0 Å². The van der Waals surface area contributed by atoms with Gasteiger partial charge >= 0.3 is 0 Å². The lowest BCUT2D eigenvalue weighted by molar-refractivity contribution is -0.338. The second-order valence-electron chi connectivity index (χ2n) is 6.05. The van der Waals surface area contributed by atoms with Crippen LogP contribution in [0.25, 0.3) is 0 Å². The highest BCUT2D eigenvalue weighted by Gasteiger charge is 2.60. The van der Waals surface area contributed by atoms with E-state index < -0.39 is 74.6 Å². The van der Waals surface area contributed by atoms with Gasteiger partial charge < -0.3 is 54.7 Å². The summed E-state index contributed by atoms with van der Waals surface area (Å²) >= 11 is 0. The monoisotopic (exact) mass is 370 g/mol. The minimum Gasteiger partial charge on any atom is -0.394 e. The summed E-state index contributed by atoms with van der Waals surface area (Å²) in [6, 6.07) is 0. The first-order chi connectivity index (χ1) is 11.8. The molecule has 2 fully saturated rings. The van der Waals surface area contributed by atoms with E-state index in [1.54, 1.807) is 6.92 Å². The Balaban J connectivity index is 2.18. The van der Waals surface area contributed by atoms with Crippen molar-refractivity contribution < 1.29 is 54.7 Å². The average molecular weight is 370 g/mol. The first kappa shape index (κ1) is 20.9. The molecule has 0 saturated carbocycles. The summed E-state index contributed by atoms with van der Waals surface area (Å²) in [6.07, 6.45) is -8.54. The van der Waals surface area contributed by atoms with Gasteiger partial charge in [0.05, 0.1) is 13.2 Å². The van der Waals surface area contributed by atoms with Crippen LogP contribution in [-0.2, 0) is 18.9 Å². The lowest BCUT2D eigenvalue weighted by Gasteiger charge is -2.36. The lowest BCUT2D eigenvalue weighted by atomic mass is 10.0. The van der Waals surface area contributed by atoms with E-state index in [1.807, 2.05) is 0 Å². The third kappa shape index (κ3) is 3.55. The van der Waals surface area contributed by atoms with Crippen LogP contribution in [0.1, 0.15) is 6.92 Å². The number of hydrogen-bond donors (Lipinski definition) is 7. The second kappa shape index (κ2) is 8.06. The smallest absolute Gasteiger partial charge is 0.222 e. The van der Waals surface area contributed by atoms with Crippen molar-refractivity contribution in [3.63, 3.8) is 0 Å². The summed E-state index contributed by atoms with van der Waals surface area (Å²) in [7, 11) is 0. The minimum atomic E-state index is -2.08. The summed E-state index contributed by atoms with van der Waals surface area (Å²) in [5.41, 5.74) is 0. The predicted molar refractivity (Wildman–Crippen MR) is 78.1 cm³/mol. The van der Waals surface area contributed by atoms with Crippen molar-refractivity contribution in [1.82, 2.24) is 0 Å². The molecule has 2 aliphatic heterocycles. The largest absolute Gasteiger partial charge is 0.394 e. The van der Waals surface area contributed by atoms with Gasteiger partial charge in [0, 0.05) is 6.61 Å². The SMILES string of the molecule is CCO[C@]1(CO[C@@]2(CO)O[C@@H](CO)[C@H](O)[C@H]2O)O[C@H](CO)[C@@H](O)[C@@H]1O. The summed E-state index contributed by atoms with van der Waals surface area (Å²) in [4.78, 5) is 0. The van der Waals surface area contributed by atoms with Crippen molar-refractivity contribution in [2.45, 2.75) is 55.1 Å². The predicted octanol–water partition coefficient (Wildman–Crippen LogP) is -4.35. The van der Waals surface area contributed by atoms with E-state index in [-0.39, 0.29) is 6.61 Å². The number of rotatable bonds is 8. The molecule has 0 aromatic rings. The highest BCUT2D eigenvalue weighted by atomic mass is 16.8. The van der Waals surface area contributed by atoms with E-state index >= 15 is 0 Å². The first-order valence-corrected chi connectivity index (χ1v) is 7.99. The summed E-state index contributed by atoms with van der Waals surface area (Å²) < 4.78 is 21.4. The molecular formula is C14H26O11. The van der Waals surface area contributed by atoms with Gasteiger partial charge in [-0.1, -0.05) is 0 Å². The highest BCUT2D eigenvalue weighted by Crippen LogP contribution is 2.37. The summed E-state index contributed by atoms with van der Waals surface area (Å²) in [5.74, 6) is -3.96. The minimum absolute atomic E-state index is 0.0582. The van der Waals surface area contributed by atoms with Crippen LogP contribution in [0.5, 0.6) is 0 Å². The molecule has 148 valence electrons. The van der Waals surface area contributed by atoms with Gasteiger partial charge in [0.1, 0.15) is 49.8 Å². The molecule has 11 heteroatoms. The zero-order chi connectivity index (χ0) is 18.8. The van der Waals surface area contributed by atoms with Crippen molar-refractivity contribution in [3.8, 4) is 0 Å². The van der Waals surface area contributed by atoms with Crippen molar-refractivity contribution in [2.75, 3.05) is 33.0 Å². The molecule has 0 bridgehead atoms. The van der Waals surface area contributed by atoms with Crippen molar-refractivity contribution in [1.29, 1.82) is 0 Å². The maximum absolute atomic E-state index is 10.2. The standard InChI is InChI=1S/C14H26O11/c1-2-22-14(12(21)10(19)8(4-16)25-14)6-23-13(5-17)11(20)9(18)7(3-15)24-13/h7-12,15-21H,2-6H2,1H3/t7-,8+,9-,10+,11+,12-,13-,14+/m0/s1. The highest BCUT2D eigenvalue weighted by molar-refractivity contribution is 5.00. The zero-order valence-corrected chi connectivity index (χ0v) is 13.8. The molecule has 8 atom stereocenters. The fourth-order valence-corrected chi connectivity index (χ4v) is 3.05. The topological polar surface area (TPSA) is 179 Å². The van der Waals surface area contributed by atoms with Crippen molar-refractivity contribution in [3.05, 3.63) is 0 Å². The van der Waals surface area contributed by atoms with Gasteiger partial charge in [0.25, 0.3) is 0 Å². The quantitative estimate of drug-likeness (QED) is 0.219. The van der Waals surface area contributed by atoms with E-state index in [4.69, 9.17) is 24.1 Å². The Morgan fingerprint density at radius 3 is 1.68 bits per heavy atom. The van der Waals surface area contributed by atoms with E-state index in [1.165, 1.54) is 0 Å². The lowest BCUT2D eigenvalue weighted by Crippen LogP contribution is -2.55. The Bertz CT molecular complexity index is 437. The molecule has 0 aliphatic carbocycles. The summed E-state index contributed by atoms with van der Waals surface area (Å²) in [6.45, 7) is -1.01. The molecule has 2 saturated heterocycles. The van der Waals surface area contributed by atoms with Gasteiger partial charge in [-0.05, 0) is 6.92 Å². The van der Waals surface area contributed by atoms with Crippen molar-refractivity contribution >= 4 is 0 Å². The third-order valence-electron chi connectivity index (χ3n) is 4.50. The Kier molecular flexibility index (Phi) is 6.73. The molecule has 25 heavy (non-hydrogen) atoms. The third-order valence-corrected chi connectivity index (χ3v) is 4.50. The number of ether oxygens (including phenoxy) is 4. The molecule has 2 aliphatic rings. The molecule has 0 spiro atoms. The van der Waals surface area contributed by atoms with Gasteiger partial charge in [-0.3, -0.25) is 0 Å². The molecular weight excluding hydrogens is 344 g/mol. The molecule has 2 rings (SSSR count). The van der Waals surface area contributed by atoms with Crippen LogP contribution in [0.4, 0.5) is 0 Å². The molecule has 0 aromatic carbocycles. The van der Waals surface area contributed by atoms with Gasteiger partial charge in [0.15, 0.2) is 0 Å². The fraction of sp³-hybridized carbons (Fsp3) is 1.00. The second-order valence-corrected chi connectivity index (χ2v) is 6.05. The van der Waals surface area contributed by atoms with Crippen LogP contribution in [-0.4, -0.2) is 117 Å². The molecule has 7 N–H and O–H groups in total. The maximum Gasteiger partial charge on any atom is 0.222 e. The van der Waals surface area contributed by atoms with Gasteiger partial charge in [-0.15, -0.1) is 0 Å². The van der Waals surface area contributed by atoms with Gasteiger partial charge in [-0.2, -0.15) is 0 Å². The van der Waals surface area contributed by atoms with Crippen LogP contribution in [0.15, 0.2) is 0 Å². The van der Waals surface area contributed by atoms with E-state index in [9.17, 15) is 30.6 Å². The summed E-state index contributed by atoms with van der Waals surface area (Å²) in [5, 5.41) is 68.1. The van der Waals surface area contributed by atoms with E-state index in [0.29, 0.717) is 0 Å². The first-order valence-electron chi connectivity index (χ1n) is 7.99. The van der Waals surface area contributed by atoms with Gasteiger partial charge in [0.2, 0.25) is 11.6 Å². The van der Waals surface area contributed by atoms with Crippen LogP contribution >= 0.6 is 0 Å². The Hall–Kier alpha value is -0.440. The molecule has 0 radical (unpaired) electrons. The van der Waals surface area contributed by atoms with E-state index in [0.717, 1.165) is 0 Å². The Labute approximate surface area is 143 Å². The van der Waals surface area contributed by atoms with E-state index in [2.05, 4.69) is 0 Å². The zero-order valence-electron chi connectivity index (χ0n) is 13.8. The van der Waals surface area contributed by atoms with Crippen LogP contribution in [0, 0.1) is 0 Å². The fourth-order valence-electron chi connectivity index (χ4n) is 3.05. The number of hydrogen-bond acceptors (Lipinski definition) is 11. The maximum atomic E-state index is 10.2. The van der Waals surface area contributed by atoms with Crippen LogP contribution < -0.4 is 0 Å². The Morgan fingerprint density at radius 2 is 1.28 bits per heavy atom. The van der Waals surface area contributed by atoms with Crippen molar-refractivity contribution in [2.24, 2.45) is 0 Å². The number of aliphatic hydroxyl groups excluding tert-OH is 7.